The Morgan fingerprint density at radius 1 is 0.781 bits per heavy atom. The number of aliphatic carboxylic acids is 2. The number of rotatable bonds is 8. The van der Waals surface area contributed by atoms with E-state index in [-0.39, 0.29) is 12.2 Å². The average molecular weight is 479 g/mol. The summed E-state index contributed by atoms with van der Waals surface area (Å²) in [6.07, 6.45) is 11.9. The first kappa shape index (κ1) is 27.6. The summed E-state index contributed by atoms with van der Waals surface area (Å²) in [4.78, 5) is 43.2. The Morgan fingerprint density at radius 2 is 1.16 bits per heavy atom. The molecule has 0 spiro atoms. The molecule has 0 radical (unpaired) electrons. The van der Waals surface area contributed by atoms with E-state index < -0.39 is 45.7 Å². The van der Waals surface area contributed by atoms with E-state index in [1.807, 2.05) is 0 Å². The lowest BCUT2D eigenvalue weighted by molar-refractivity contribution is -0.147. The Kier molecular flexibility index (Phi) is 11.9. The lowest BCUT2D eigenvalue weighted by atomic mass is 9.98. The molecule has 11 nitrogen and oxygen atoms in total. The maximum atomic E-state index is 11.6. The van der Waals surface area contributed by atoms with E-state index in [1.165, 1.54) is 25.0 Å². The Bertz CT molecular complexity index is 741. The molecule has 1 atom stereocenters. The molecule has 12 heteroatoms. The SMILES string of the molecule is O=C(/C=C\C(=O)OC1CCCCC1)OC1CCCCC1.O=C(O)CC(C(=O)O)S(=O)(=O)O. The molecule has 0 amide bonds. The molecule has 0 aromatic heterocycles. The smallest absolute Gasteiger partial charge is 0.331 e. The van der Waals surface area contributed by atoms with Crippen molar-refractivity contribution < 1.29 is 51.8 Å². The van der Waals surface area contributed by atoms with Crippen molar-refractivity contribution in [2.75, 3.05) is 0 Å². The van der Waals surface area contributed by atoms with Gasteiger partial charge in [-0.3, -0.25) is 14.1 Å². The number of esters is 2. The topological polar surface area (TPSA) is 182 Å². The van der Waals surface area contributed by atoms with Gasteiger partial charge in [-0.05, 0) is 51.4 Å². The van der Waals surface area contributed by atoms with Crippen LogP contribution in [0.4, 0.5) is 0 Å². The molecule has 0 aromatic rings. The lowest BCUT2D eigenvalue weighted by Crippen LogP contribution is -2.31. The summed E-state index contributed by atoms with van der Waals surface area (Å²) in [5.74, 6) is -4.37. The predicted octanol–water partition coefficient (Wildman–Crippen LogP) is 2.10. The number of carboxylic acids is 2. The molecule has 2 aliphatic carbocycles. The van der Waals surface area contributed by atoms with Crippen LogP contribution in [-0.2, 0) is 38.8 Å². The van der Waals surface area contributed by atoms with Gasteiger partial charge in [0, 0.05) is 12.2 Å². The Morgan fingerprint density at radius 3 is 1.41 bits per heavy atom. The molecule has 0 bridgehead atoms. The third kappa shape index (κ3) is 11.8. The molecular weight excluding hydrogens is 448 g/mol. The van der Waals surface area contributed by atoms with Crippen LogP contribution in [0, 0.1) is 0 Å². The minimum Gasteiger partial charge on any atom is -0.481 e. The van der Waals surface area contributed by atoms with Gasteiger partial charge in [0.2, 0.25) is 0 Å². The third-order valence-corrected chi connectivity index (χ3v) is 6.11. The van der Waals surface area contributed by atoms with Crippen LogP contribution in [-0.4, -0.2) is 64.5 Å². The molecule has 32 heavy (non-hydrogen) atoms. The average Bonchev–Trinajstić information content (AvgIpc) is 2.71. The third-order valence-electron chi connectivity index (χ3n) is 5.02. The summed E-state index contributed by atoms with van der Waals surface area (Å²) < 4.78 is 39.3. The molecule has 0 aliphatic heterocycles. The van der Waals surface area contributed by atoms with Crippen LogP contribution in [0.15, 0.2) is 12.2 Å². The number of hydrogen-bond acceptors (Lipinski definition) is 8. The van der Waals surface area contributed by atoms with E-state index in [4.69, 9.17) is 24.2 Å². The summed E-state index contributed by atoms with van der Waals surface area (Å²) in [5.41, 5.74) is 0. The highest BCUT2D eigenvalue weighted by Gasteiger charge is 2.33. The molecule has 2 rings (SSSR count). The van der Waals surface area contributed by atoms with Gasteiger partial charge < -0.3 is 19.7 Å². The van der Waals surface area contributed by atoms with Crippen LogP contribution in [0.1, 0.15) is 70.6 Å². The standard InChI is InChI=1S/C16H24O4.C4H6O7S/c17-15(19-13-7-3-1-4-8-13)11-12-16(18)20-14-9-5-2-6-10-14;5-3(6)1-2(4(7)8)12(9,10)11/h11-14H,1-10H2;2H,1H2,(H,5,6)(H,7,8)(H,9,10,11)/b12-11-;. The molecule has 0 heterocycles. The van der Waals surface area contributed by atoms with E-state index in [9.17, 15) is 27.6 Å². The highest BCUT2D eigenvalue weighted by molar-refractivity contribution is 7.87. The van der Waals surface area contributed by atoms with Gasteiger partial charge >= 0.3 is 23.9 Å². The largest absolute Gasteiger partial charge is 0.481 e. The molecule has 2 fully saturated rings. The van der Waals surface area contributed by atoms with Gasteiger partial charge in [-0.1, -0.05) is 12.8 Å². The van der Waals surface area contributed by atoms with Gasteiger partial charge in [0.1, 0.15) is 12.2 Å². The zero-order valence-electron chi connectivity index (χ0n) is 17.7. The quantitative estimate of drug-likeness (QED) is 0.264. The second kappa shape index (κ2) is 13.8. The fourth-order valence-corrected chi connectivity index (χ4v) is 4.00. The zero-order chi connectivity index (χ0) is 24.1. The molecular formula is C20H30O11S. The monoisotopic (exact) mass is 478 g/mol. The summed E-state index contributed by atoms with van der Waals surface area (Å²) in [5, 5.41) is 13.9. The van der Waals surface area contributed by atoms with Gasteiger partial charge in [-0.15, -0.1) is 0 Å². The predicted molar refractivity (Wildman–Crippen MR) is 110 cm³/mol. The van der Waals surface area contributed by atoms with Crippen molar-refractivity contribution in [2.24, 2.45) is 0 Å². The van der Waals surface area contributed by atoms with Gasteiger partial charge in [0.05, 0.1) is 6.42 Å². The molecule has 3 N–H and O–H groups in total. The van der Waals surface area contributed by atoms with Crippen molar-refractivity contribution in [3.63, 3.8) is 0 Å². The Balaban J connectivity index is 0.000000368. The highest BCUT2D eigenvalue weighted by atomic mass is 32.2. The second-order valence-corrected chi connectivity index (χ2v) is 9.27. The van der Waals surface area contributed by atoms with Crippen LogP contribution < -0.4 is 0 Å². The number of carbonyl (C=O) groups excluding carboxylic acids is 2. The van der Waals surface area contributed by atoms with Gasteiger partial charge in [0.25, 0.3) is 10.1 Å². The van der Waals surface area contributed by atoms with Crippen molar-refractivity contribution in [3.05, 3.63) is 12.2 Å². The summed E-state index contributed by atoms with van der Waals surface area (Å²) in [6, 6.07) is 0. The van der Waals surface area contributed by atoms with Crippen molar-refractivity contribution in [1.29, 1.82) is 0 Å². The maximum Gasteiger partial charge on any atom is 0.331 e. The van der Waals surface area contributed by atoms with Gasteiger partial charge in [0.15, 0.2) is 5.25 Å². The number of carboxylic acid groups (broad SMARTS) is 2. The number of carbonyl (C=O) groups is 4. The lowest BCUT2D eigenvalue weighted by Gasteiger charge is -2.21. The molecule has 0 aromatic carbocycles. The van der Waals surface area contributed by atoms with E-state index in [0.717, 1.165) is 51.4 Å². The minimum atomic E-state index is -4.84. The summed E-state index contributed by atoms with van der Waals surface area (Å²) in [7, 11) is -4.84. The first-order valence-corrected chi connectivity index (χ1v) is 12.0. The Hall–Kier alpha value is -2.47. The zero-order valence-corrected chi connectivity index (χ0v) is 18.5. The van der Waals surface area contributed by atoms with Crippen molar-refractivity contribution in [1.82, 2.24) is 0 Å². The summed E-state index contributed by atoms with van der Waals surface area (Å²) in [6.45, 7) is 0. The van der Waals surface area contributed by atoms with Crippen molar-refractivity contribution in [3.8, 4) is 0 Å². The first-order valence-electron chi connectivity index (χ1n) is 10.5. The van der Waals surface area contributed by atoms with Crippen molar-refractivity contribution >= 4 is 34.0 Å². The summed E-state index contributed by atoms with van der Waals surface area (Å²) >= 11 is 0. The first-order chi connectivity index (χ1) is 15.0. The molecule has 2 saturated carbocycles. The Labute approximate surface area is 186 Å². The molecule has 2 aliphatic rings. The minimum absolute atomic E-state index is 0.0234. The number of ether oxygens (including phenoxy) is 2. The fraction of sp³-hybridized carbons (Fsp3) is 0.700. The van der Waals surface area contributed by atoms with Crippen LogP contribution in [0.2, 0.25) is 0 Å². The normalized spacial score (nSPS) is 18.8. The van der Waals surface area contributed by atoms with Crippen LogP contribution in [0.5, 0.6) is 0 Å². The maximum absolute atomic E-state index is 11.6. The van der Waals surface area contributed by atoms with Crippen LogP contribution >= 0.6 is 0 Å². The fourth-order valence-electron chi connectivity index (χ4n) is 3.39. The van der Waals surface area contributed by atoms with E-state index >= 15 is 0 Å². The highest BCUT2D eigenvalue weighted by Crippen LogP contribution is 2.21. The van der Waals surface area contributed by atoms with Crippen molar-refractivity contribution in [2.45, 2.75) is 88.1 Å². The molecule has 0 saturated heterocycles. The van der Waals surface area contributed by atoms with E-state index in [2.05, 4.69) is 0 Å². The van der Waals surface area contributed by atoms with Crippen LogP contribution in [0.3, 0.4) is 0 Å². The van der Waals surface area contributed by atoms with Crippen LogP contribution in [0.25, 0.3) is 0 Å². The van der Waals surface area contributed by atoms with E-state index in [0.29, 0.717) is 0 Å². The number of hydrogen-bond donors (Lipinski definition) is 3. The molecule has 182 valence electrons. The second-order valence-electron chi connectivity index (χ2n) is 7.67. The van der Waals surface area contributed by atoms with Gasteiger partial charge in [-0.25, -0.2) is 9.59 Å². The van der Waals surface area contributed by atoms with Gasteiger partial charge in [-0.2, -0.15) is 8.42 Å². The van der Waals surface area contributed by atoms with E-state index in [1.54, 1.807) is 0 Å². The molecule has 1 unspecified atom stereocenters.